The molecule has 0 saturated carbocycles. The van der Waals surface area contributed by atoms with Crippen molar-refractivity contribution in [1.29, 1.82) is 0 Å². The van der Waals surface area contributed by atoms with E-state index in [0.29, 0.717) is 0 Å². The average Bonchev–Trinajstić information content (AvgIpc) is 2.63. The molecule has 0 unspecified atom stereocenters. The molecule has 0 amide bonds. The van der Waals surface area contributed by atoms with Gasteiger partial charge in [-0.15, -0.1) is 0 Å². The predicted octanol–water partition coefficient (Wildman–Crippen LogP) is 3.62. The van der Waals surface area contributed by atoms with Crippen LogP contribution in [0.4, 0.5) is 5.69 Å². The molecule has 4 nitrogen and oxygen atoms in total. The molecule has 3 aromatic carbocycles. The quantitative estimate of drug-likeness (QED) is 0.655. The Bertz CT molecular complexity index is 740. The first kappa shape index (κ1) is 15.3. The highest BCUT2D eigenvalue weighted by Gasteiger charge is 2.11. The van der Waals surface area contributed by atoms with Crippen molar-refractivity contribution in [3.05, 3.63) is 72.8 Å². The smallest absolute Gasteiger partial charge is 0.142 e. The number of ether oxygens (including phenoxy) is 1. The van der Waals surface area contributed by atoms with Gasteiger partial charge < -0.3 is 9.84 Å². The van der Waals surface area contributed by atoms with E-state index in [1.165, 1.54) is 0 Å². The molecule has 0 fully saturated rings. The molecule has 0 aliphatic rings. The number of nitrogens with one attached hydrogen (secondary N) is 1. The van der Waals surface area contributed by atoms with E-state index in [1.807, 2.05) is 72.8 Å². The minimum Gasteiger partial charge on any atom is -0.490 e. The summed E-state index contributed by atoms with van der Waals surface area (Å²) in [6, 6.07) is 23.5. The molecule has 1 atom stereocenters. The van der Waals surface area contributed by atoms with Crippen LogP contribution in [-0.4, -0.2) is 24.4 Å². The van der Waals surface area contributed by atoms with E-state index in [9.17, 15) is 5.11 Å². The Labute approximate surface area is 135 Å². The molecule has 4 heteroatoms. The minimum atomic E-state index is -0.464. The van der Waals surface area contributed by atoms with Crippen LogP contribution in [0.1, 0.15) is 0 Å². The number of hydrogen-bond donors (Lipinski definition) is 2. The fraction of sp³-hybridized carbons (Fsp3) is 0.158. The number of rotatable bonds is 7. The third-order valence-corrected chi connectivity index (χ3v) is 3.50. The van der Waals surface area contributed by atoms with Crippen molar-refractivity contribution >= 4 is 16.5 Å². The molecule has 0 spiro atoms. The third kappa shape index (κ3) is 4.00. The van der Waals surface area contributed by atoms with Crippen LogP contribution in [0.2, 0.25) is 0 Å². The third-order valence-electron chi connectivity index (χ3n) is 3.50. The zero-order valence-electron chi connectivity index (χ0n) is 12.7. The van der Waals surface area contributed by atoms with Crippen molar-refractivity contribution < 1.29 is 14.7 Å². The van der Waals surface area contributed by atoms with Crippen LogP contribution in [0.3, 0.4) is 0 Å². The van der Waals surface area contributed by atoms with Crippen LogP contribution in [0, 0.1) is 0 Å². The molecule has 3 rings (SSSR count). The lowest BCUT2D eigenvalue weighted by molar-refractivity contribution is 0.0153. The van der Waals surface area contributed by atoms with Gasteiger partial charge in [-0.25, -0.2) is 0 Å². The lowest BCUT2D eigenvalue weighted by atomic mass is 10.1. The summed E-state index contributed by atoms with van der Waals surface area (Å²) in [5.41, 5.74) is 3.66. The Hall–Kier alpha value is -2.56. The average molecular weight is 309 g/mol. The number of hydrogen-bond acceptors (Lipinski definition) is 4. The van der Waals surface area contributed by atoms with Crippen molar-refractivity contribution in [2.45, 2.75) is 6.10 Å². The largest absolute Gasteiger partial charge is 0.490 e. The molecule has 0 aliphatic carbocycles. The second-order valence-electron chi connectivity index (χ2n) is 5.18. The maximum Gasteiger partial charge on any atom is 0.142 e. The van der Waals surface area contributed by atoms with Crippen LogP contribution >= 0.6 is 0 Å². The van der Waals surface area contributed by atoms with Crippen LogP contribution in [0.15, 0.2) is 72.8 Å². The number of aliphatic hydroxyl groups is 1. The van der Waals surface area contributed by atoms with E-state index in [0.717, 1.165) is 22.2 Å². The van der Waals surface area contributed by atoms with Gasteiger partial charge >= 0.3 is 0 Å². The highest BCUT2D eigenvalue weighted by Crippen LogP contribution is 2.25. The van der Waals surface area contributed by atoms with E-state index >= 15 is 0 Å². The highest BCUT2D eigenvalue weighted by molar-refractivity contribution is 5.88. The summed E-state index contributed by atoms with van der Waals surface area (Å²) >= 11 is 0. The zero-order valence-corrected chi connectivity index (χ0v) is 12.7. The topological polar surface area (TPSA) is 50.7 Å². The predicted molar refractivity (Wildman–Crippen MR) is 91.5 cm³/mol. The van der Waals surface area contributed by atoms with Gasteiger partial charge in [-0.05, 0) is 23.6 Å². The maximum atomic E-state index is 9.45. The van der Waals surface area contributed by atoms with Gasteiger partial charge in [0.2, 0.25) is 0 Å². The van der Waals surface area contributed by atoms with Crippen molar-refractivity contribution in [2.75, 3.05) is 18.7 Å². The molecule has 0 bridgehead atoms. The molecule has 0 saturated heterocycles. The molecule has 0 radical (unpaired) electrons. The molecular weight excluding hydrogens is 290 g/mol. The molecule has 3 aromatic rings. The highest BCUT2D eigenvalue weighted by atomic mass is 16.7. The molecule has 0 aliphatic heterocycles. The second-order valence-corrected chi connectivity index (χ2v) is 5.18. The summed E-state index contributed by atoms with van der Waals surface area (Å²) in [5.74, 6) is 0.782. The summed E-state index contributed by atoms with van der Waals surface area (Å²) in [6.45, 7) is 0.120. The fourth-order valence-electron chi connectivity index (χ4n) is 2.29. The Morgan fingerprint density at radius 2 is 1.61 bits per heavy atom. The SMILES string of the molecule is OC[C@@H](COc1cccc2ccccc12)ONc1ccccc1. The van der Waals surface area contributed by atoms with Crippen LogP contribution in [-0.2, 0) is 4.84 Å². The monoisotopic (exact) mass is 309 g/mol. The van der Waals surface area contributed by atoms with E-state index in [4.69, 9.17) is 9.57 Å². The summed E-state index contributed by atoms with van der Waals surface area (Å²) < 4.78 is 5.84. The van der Waals surface area contributed by atoms with Gasteiger partial charge in [-0.3, -0.25) is 10.3 Å². The number of para-hydroxylation sites is 1. The first-order chi connectivity index (χ1) is 11.4. The molecule has 0 aromatic heterocycles. The summed E-state index contributed by atoms with van der Waals surface area (Å²) in [4.78, 5) is 5.49. The summed E-state index contributed by atoms with van der Waals surface area (Å²) in [6.07, 6.45) is -0.464. The lowest BCUT2D eigenvalue weighted by Crippen LogP contribution is -2.28. The van der Waals surface area contributed by atoms with E-state index < -0.39 is 6.10 Å². The first-order valence-corrected chi connectivity index (χ1v) is 7.55. The Morgan fingerprint density at radius 3 is 2.43 bits per heavy atom. The number of fused-ring (bicyclic) bond motifs is 1. The number of benzene rings is 3. The van der Waals surface area contributed by atoms with Crippen molar-refractivity contribution in [3.8, 4) is 5.75 Å². The molecule has 23 heavy (non-hydrogen) atoms. The Balaban J connectivity index is 1.61. The molecule has 2 N–H and O–H groups in total. The van der Waals surface area contributed by atoms with Gasteiger partial charge in [0.25, 0.3) is 0 Å². The normalized spacial score (nSPS) is 12.0. The number of anilines is 1. The van der Waals surface area contributed by atoms with Crippen LogP contribution in [0.5, 0.6) is 5.75 Å². The van der Waals surface area contributed by atoms with Crippen LogP contribution < -0.4 is 10.2 Å². The van der Waals surface area contributed by atoms with Gasteiger partial charge in [0, 0.05) is 5.39 Å². The van der Waals surface area contributed by atoms with E-state index in [1.54, 1.807) is 0 Å². The van der Waals surface area contributed by atoms with Gasteiger partial charge in [0.05, 0.1) is 12.3 Å². The van der Waals surface area contributed by atoms with Crippen LogP contribution in [0.25, 0.3) is 10.8 Å². The van der Waals surface area contributed by atoms with Gasteiger partial charge in [-0.1, -0.05) is 54.6 Å². The standard InChI is InChI=1S/C19H19NO3/c21-13-17(23-20-16-9-2-1-3-10-16)14-22-19-12-6-8-15-7-4-5-11-18(15)19/h1-12,17,20-21H,13-14H2/t17-/m0/s1. The maximum absolute atomic E-state index is 9.45. The van der Waals surface area contributed by atoms with Crippen molar-refractivity contribution in [2.24, 2.45) is 0 Å². The van der Waals surface area contributed by atoms with E-state index in [2.05, 4.69) is 5.48 Å². The van der Waals surface area contributed by atoms with Crippen molar-refractivity contribution in [1.82, 2.24) is 0 Å². The molecule has 0 heterocycles. The Kier molecular flexibility index (Phi) is 5.09. The van der Waals surface area contributed by atoms with Gasteiger partial charge in [0.15, 0.2) is 0 Å². The fourth-order valence-corrected chi connectivity index (χ4v) is 2.29. The first-order valence-electron chi connectivity index (χ1n) is 7.55. The van der Waals surface area contributed by atoms with Crippen molar-refractivity contribution in [3.63, 3.8) is 0 Å². The second kappa shape index (κ2) is 7.63. The summed E-state index contributed by atoms with van der Waals surface area (Å²) in [7, 11) is 0. The Morgan fingerprint density at radius 1 is 0.870 bits per heavy atom. The van der Waals surface area contributed by atoms with E-state index in [-0.39, 0.29) is 13.2 Å². The molecular formula is C19H19NO3. The lowest BCUT2D eigenvalue weighted by Gasteiger charge is -2.17. The number of aliphatic hydroxyl groups excluding tert-OH is 1. The molecule has 118 valence electrons. The zero-order chi connectivity index (χ0) is 15.9. The van der Waals surface area contributed by atoms with Gasteiger partial charge in [-0.2, -0.15) is 0 Å². The summed E-state index contributed by atoms with van der Waals surface area (Å²) in [5, 5.41) is 11.6. The minimum absolute atomic E-state index is 0.134. The van der Waals surface area contributed by atoms with Gasteiger partial charge in [0.1, 0.15) is 18.5 Å².